The Morgan fingerprint density at radius 1 is 0.952 bits per heavy atom. The summed E-state index contributed by atoms with van der Waals surface area (Å²) in [5.74, 6) is 0. The van der Waals surface area contributed by atoms with Crippen molar-refractivity contribution >= 4 is 33.5 Å². The zero-order chi connectivity index (χ0) is 14.8. The summed E-state index contributed by atoms with van der Waals surface area (Å²) in [5, 5.41) is 1.13. The lowest BCUT2D eigenvalue weighted by Gasteiger charge is -2.08. The Balaban J connectivity index is 2.13. The Labute approximate surface area is 138 Å². The number of benzene rings is 2. The van der Waals surface area contributed by atoms with Crippen LogP contribution in [0.2, 0.25) is 0 Å². The van der Waals surface area contributed by atoms with E-state index >= 15 is 0 Å². The van der Waals surface area contributed by atoms with Gasteiger partial charge in [-0.1, -0.05) is 46.9 Å². The zero-order valence-corrected chi connectivity index (χ0v) is 14.4. The Morgan fingerprint density at radius 2 is 1.67 bits per heavy atom. The lowest BCUT2D eigenvalue weighted by molar-refractivity contribution is 1.18. The molecule has 0 atom stereocenters. The molecule has 0 spiro atoms. The number of aryl methyl sites for hydroxylation is 3. The Hall–Kier alpha value is -1.49. The van der Waals surface area contributed by atoms with Crippen LogP contribution in [0.25, 0.3) is 22.2 Å². The average molecular weight is 388 g/mol. The molecule has 1 heterocycles. The molecule has 1 aromatic heterocycles. The number of nitrogens with zero attached hydrogens (tertiary/aromatic N) is 2. The largest absolute Gasteiger partial charge is 0.236 e. The van der Waals surface area contributed by atoms with Crippen molar-refractivity contribution in [2.24, 2.45) is 0 Å². The van der Waals surface area contributed by atoms with Gasteiger partial charge in [-0.2, -0.15) is 0 Å². The molecule has 3 aromatic rings. The summed E-state index contributed by atoms with van der Waals surface area (Å²) >= 11 is 2.41. The highest BCUT2D eigenvalue weighted by atomic mass is 127. The SMILES string of the molecule is Cc1cc2ncnc(-c3ccc(CCI)cc3)c2cc1C. The van der Waals surface area contributed by atoms with Gasteiger partial charge in [0, 0.05) is 15.4 Å². The van der Waals surface area contributed by atoms with E-state index in [0.29, 0.717) is 0 Å². The molecule has 3 rings (SSSR count). The van der Waals surface area contributed by atoms with Crippen LogP contribution in [0.1, 0.15) is 16.7 Å². The normalized spacial score (nSPS) is 11.0. The smallest absolute Gasteiger partial charge is 0.116 e. The number of hydrogen-bond acceptors (Lipinski definition) is 2. The number of fused-ring (bicyclic) bond motifs is 1. The highest BCUT2D eigenvalue weighted by molar-refractivity contribution is 14.1. The molecule has 3 heteroatoms. The summed E-state index contributed by atoms with van der Waals surface area (Å²) in [6.07, 6.45) is 2.77. The molecule has 2 nitrogen and oxygen atoms in total. The fraction of sp³-hybridized carbons (Fsp3) is 0.222. The number of hydrogen-bond donors (Lipinski definition) is 0. The molecular formula is C18H17IN2. The lowest BCUT2D eigenvalue weighted by Crippen LogP contribution is -1.92. The maximum absolute atomic E-state index is 4.51. The Kier molecular flexibility index (Phi) is 4.19. The second kappa shape index (κ2) is 6.10. The van der Waals surface area contributed by atoms with Gasteiger partial charge < -0.3 is 0 Å². The molecule has 106 valence electrons. The predicted molar refractivity (Wildman–Crippen MR) is 97.0 cm³/mol. The maximum atomic E-state index is 4.51. The van der Waals surface area contributed by atoms with Crippen LogP contribution in [0.4, 0.5) is 0 Å². The van der Waals surface area contributed by atoms with E-state index in [1.807, 2.05) is 0 Å². The van der Waals surface area contributed by atoms with Crippen LogP contribution in [0.3, 0.4) is 0 Å². The fourth-order valence-electron chi connectivity index (χ4n) is 2.48. The van der Waals surface area contributed by atoms with Gasteiger partial charge >= 0.3 is 0 Å². The van der Waals surface area contributed by atoms with Crippen LogP contribution in [-0.2, 0) is 6.42 Å². The Morgan fingerprint density at radius 3 is 2.38 bits per heavy atom. The number of alkyl halides is 1. The first kappa shape index (κ1) is 14.4. The highest BCUT2D eigenvalue weighted by Crippen LogP contribution is 2.27. The molecule has 0 bridgehead atoms. The van der Waals surface area contributed by atoms with Crippen molar-refractivity contribution in [2.45, 2.75) is 20.3 Å². The predicted octanol–water partition coefficient (Wildman–Crippen LogP) is 4.89. The van der Waals surface area contributed by atoms with Crippen LogP contribution in [0, 0.1) is 13.8 Å². The number of halogens is 1. The molecule has 0 saturated carbocycles. The third-order valence-corrected chi connectivity index (χ3v) is 4.40. The van der Waals surface area contributed by atoms with Crippen LogP contribution in [0.15, 0.2) is 42.7 Å². The number of rotatable bonds is 3. The molecule has 0 aliphatic heterocycles. The standard InChI is InChI=1S/C18H17IN2/c1-12-9-16-17(10-13(12)2)20-11-21-18(16)15-5-3-14(4-6-15)7-8-19/h3-6,9-11H,7-8H2,1-2H3. The van der Waals surface area contributed by atoms with E-state index in [2.05, 4.69) is 82.8 Å². The van der Waals surface area contributed by atoms with Gasteiger partial charge in [0.15, 0.2) is 0 Å². The second-order valence-corrected chi connectivity index (χ2v) is 6.39. The van der Waals surface area contributed by atoms with E-state index in [4.69, 9.17) is 0 Å². The van der Waals surface area contributed by atoms with Gasteiger partial charge in [0.2, 0.25) is 0 Å². The van der Waals surface area contributed by atoms with Crippen molar-refractivity contribution in [1.29, 1.82) is 0 Å². The quantitative estimate of drug-likeness (QED) is 0.472. The average Bonchev–Trinajstić information content (AvgIpc) is 2.49. The monoisotopic (exact) mass is 388 g/mol. The minimum absolute atomic E-state index is 1.01. The third-order valence-electron chi connectivity index (χ3n) is 3.86. The molecule has 0 N–H and O–H groups in total. The van der Waals surface area contributed by atoms with Crippen molar-refractivity contribution < 1.29 is 0 Å². The van der Waals surface area contributed by atoms with E-state index in [9.17, 15) is 0 Å². The summed E-state index contributed by atoms with van der Waals surface area (Å²) in [6.45, 7) is 4.25. The van der Waals surface area contributed by atoms with E-state index in [0.717, 1.165) is 33.0 Å². The first-order chi connectivity index (χ1) is 10.2. The molecule has 0 unspecified atom stereocenters. The molecule has 0 aliphatic rings. The van der Waals surface area contributed by atoms with Gasteiger partial charge in [-0.05, 0) is 49.1 Å². The molecule has 0 saturated heterocycles. The van der Waals surface area contributed by atoms with Crippen molar-refractivity contribution in [3.05, 3.63) is 59.4 Å². The van der Waals surface area contributed by atoms with Crippen molar-refractivity contribution in [3.8, 4) is 11.3 Å². The maximum Gasteiger partial charge on any atom is 0.116 e. The minimum atomic E-state index is 1.01. The van der Waals surface area contributed by atoms with Gasteiger partial charge in [-0.25, -0.2) is 9.97 Å². The van der Waals surface area contributed by atoms with E-state index in [-0.39, 0.29) is 0 Å². The van der Waals surface area contributed by atoms with E-state index < -0.39 is 0 Å². The van der Waals surface area contributed by atoms with Crippen molar-refractivity contribution in [2.75, 3.05) is 4.43 Å². The Bertz CT molecular complexity index is 779. The van der Waals surface area contributed by atoms with Crippen LogP contribution in [0.5, 0.6) is 0 Å². The zero-order valence-electron chi connectivity index (χ0n) is 12.2. The molecule has 0 fully saturated rings. The second-order valence-electron chi connectivity index (χ2n) is 5.31. The molecule has 0 radical (unpaired) electrons. The van der Waals surface area contributed by atoms with Crippen LogP contribution < -0.4 is 0 Å². The van der Waals surface area contributed by atoms with E-state index in [1.54, 1.807) is 6.33 Å². The van der Waals surface area contributed by atoms with Gasteiger partial charge in [-0.15, -0.1) is 0 Å². The first-order valence-corrected chi connectivity index (χ1v) is 8.59. The molecule has 21 heavy (non-hydrogen) atoms. The van der Waals surface area contributed by atoms with Gasteiger partial charge in [-0.3, -0.25) is 0 Å². The van der Waals surface area contributed by atoms with E-state index in [1.165, 1.54) is 16.7 Å². The van der Waals surface area contributed by atoms with Gasteiger partial charge in [0.25, 0.3) is 0 Å². The highest BCUT2D eigenvalue weighted by Gasteiger charge is 2.08. The molecular weight excluding hydrogens is 371 g/mol. The van der Waals surface area contributed by atoms with Crippen molar-refractivity contribution in [3.63, 3.8) is 0 Å². The summed E-state index contributed by atoms with van der Waals surface area (Å²) < 4.78 is 1.14. The van der Waals surface area contributed by atoms with Crippen LogP contribution in [-0.4, -0.2) is 14.4 Å². The molecule has 0 amide bonds. The molecule has 0 aliphatic carbocycles. The first-order valence-electron chi connectivity index (χ1n) is 7.06. The summed E-state index contributed by atoms with van der Waals surface area (Å²) in [5.41, 5.74) is 7.11. The third kappa shape index (κ3) is 2.93. The summed E-state index contributed by atoms with van der Waals surface area (Å²) in [4.78, 5) is 8.92. The van der Waals surface area contributed by atoms with Gasteiger partial charge in [0.05, 0.1) is 11.2 Å². The summed E-state index contributed by atoms with van der Waals surface area (Å²) in [6, 6.07) is 13.1. The van der Waals surface area contributed by atoms with Gasteiger partial charge in [0.1, 0.15) is 6.33 Å². The van der Waals surface area contributed by atoms with Crippen molar-refractivity contribution in [1.82, 2.24) is 9.97 Å². The lowest BCUT2D eigenvalue weighted by atomic mass is 10.0. The molecule has 2 aromatic carbocycles. The number of aromatic nitrogens is 2. The topological polar surface area (TPSA) is 25.8 Å². The van der Waals surface area contributed by atoms with Crippen LogP contribution >= 0.6 is 22.6 Å². The minimum Gasteiger partial charge on any atom is -0.236 e. The fourth-order valence-corrected chi connectivity index (χ4v) is 3.11. The summed E-state index contributed by atoms with van der Waals surface area (Å²) in [7, 11) is 0.